The van der Waals surface area contributed by atoms with Crippen molar-refractivity contribution in [1.29, 1.82) is 0 Å². The summed E-state index contributed by atoms with van der Waals surface area (Å²) in [7, 11) is 0. The van der Waals surface area contributed by atoms with Crippen molar-refractivity contribution in [2.75, 3.05) is 13.1 Å². The molecule has 0 radical (unpaired) electrons. The van der Waals surface area contributed by atoms with Crippen LogP contribution in [0.2, 0.25) is 0 Å². The number of hydrogen-bond acceptors (Lipinski definition) is 2. The predicted molar refractivity (Wildman–Crippen MR) is 74.3 cm³/mol. The topological polar surface area (TPSA) is 46.3 Å². The van der Waals surface area contributed by atoms with Gasteiger partial charge in [-0.25, -0.2) is 0 Å². The molecule has 2 atom stereocenters. The standard InChI is InChI=1S/C13H26N2O.ClH/c1-10(9-14)12(16)15-7-5-6-11(15)8-13(2,3)4;/h10-11H,5-9,14H2,1-4H3;1H. The lowest BCUT2D eigenvalue weighted by molar-refractivity contribution is -0.135. The molecule has 0 aliphatic carbocycles. The van der Waals surface area contributed by atoms with Gasteiger partial charge in [0.15, 0.2) is 0 Å². The van der Waals surface area contributed by atoms with Crippen LogP contribution in [0.3, 0.4) is 0 Å². The Morgan fingerprint density at radius 2 is 2.06 bits per heavy atom. The van der Waals surface area contributed by atoms with Gasteiger partial charge in [-0.15, -0.1) is 12.4 Å². The minimum Gasteiger partial charge on any atom is -0.339 e. The van der Waals surface area contributed by atoms with Crippen molar-refractivity contribution in [1.82, 2.24) is 4.90 Å². The molecule has 1 saturated heterocycles. The van der Waals surface area contributed by atoms with Gasteiger partial charge in [-0.05, 0) is 24.7 Å². The molecular formula is C13H27ClN2O. The zero-order valence-electron chi connectivity index (χ0n) is 11.5. The molecule has 2 N–H and O–H groups in total. The highest BCUT2D eigenvalue weighted by atomic mass is 35.5. The molecule has 0 aromatic carbocycles. The van der Waals surface area contributed by atoms with Gasteiger partial charge < -0.3 is 10.6 Å². The van der Waals surface area contributed by atoms with Gasteiger partial charge in [-0.3, -0.25) is 4.79 Å². The Labute approximate surface area is 112 Å². The molecular weight excluding hydrogens is 236 g/mol. The molecule has 1 heterocycles. The Bertz CT molecular complexity index is 250. The van der Waals surface area contributed by atoms with Gasteiger partial charge >= 0.3 is 0 Å². The number of nitrogens with zero attached hydrogens (tertiary/aromatic N) is 1. The van der Waals surface area contributed by atoms with Crippen LogP contribution in [0, 0.1) is 11.3 Å². The van der Waals surface area contributed by atoms with E-state index in [1.54, 1.807) is 0 Å². The number of nitrogens with two attached hydrogens (primary N) is 1. The van der Waals surface area contributed by atoms with Gasteiger partial charge in [0.2, 0.25) is 5.91 Å². The fraction of sp³-hybridized carbons (Fsp3) is 0.923. The summed E-state index contributed by atoms with van der Waals surface area (Å²) in [5.41, 5.74) is 5.86. The first-order chi connectivity index (χ1) is 7.35. The third-order valence-electron chi connectivity index (χ3n) is 3.28. The minimum atomic E-state index is -0.0273. The van der Waals surface area contributed by atoms with Crippen LogP contribution in [0.15, 0.2) is 0 Å². The molecule has 4 heteroatoms. The van der Waals surface area contributed by atoms with Crippen molar-refractivity contribution in [2.24, 2.45) is 17.1 Å². The molecule has 2 unspecified atom stereocenters. The fourth-order valence-electron chi connectivity index (χ4n) is 2.43. The highest BCUT2D eigenvalue weighted by Crippen LogP contribution is 2.30. The third-order valence-corrected chi connectivity index (χ3v) is 3.28. The monoisotopic (exact) mass is 262 g/mol. The van der Waals surface area contributed by atoms with E-state index in [1.165, 1.54) is 0 Å². The predicted octanol–water partition coefficient (Wildman–Crippen LogP) is 2.43. The first kappa shape index (κ1) is 16.7. The van der Waals surface area contributed by atoms with E-state index in [1.807, 2.05) is 6.92 Å². The van der Waals surface area contributed by atoms with Crippen LogP contribution in [0.25, 0.3) is 0 Å². The summed E-state index contributed by atoms with van der Waals surface area (Å²) in [6.45, 7) is 10.0. The van der Waals surface area contributed by atoms with Crippen LogP contribution in [0.1, 0.15) is 47.0 Å². The van der Waals surface area contributed by atoms with Crippen LogP contribution < -0.4 is 5.73 Å². The number of amides is 1. The summed E-state index contributed by atoms with van der Waals surface area (Å²) in [6.07, 6.45) is 3.39. The number of halogens is 1. The number of hydrogen-bond donors (Lipinski definition) is 1. The Morgan fingerprint density at radius 3 is 2.53 bits per heavy atom. The average molecular weight is 263 g/mol. The molecule has 1 amide bonds. The zero-order chi connectivity index (χ0) is 12.3. The Hall–Kier alpha value is -0.280. The second-order valence-electron chi connectivity index (χ2n) is 6.23. The average Bonchev–Trinajstić information content (AvgIpc) is 2.60. The minimum absolute atomic E-state index is 0. The number of likely N-dealkylation sites (tertiary alicyclic amines) is 1. The first-order valence-electron chi connectivity index (χ1n) is 6.35. The van der Waals surface area contributed by atoms with E-state index in [2.05, 4.69) is 25.7 Å². The third kappa shape index (κ3) is 4.84. The van der Waals surface area contributed by atoms with Crippen LogP contribution in [0.4, 0.5) is 0 Å². The van der Waals surface area contributed by atoms with Gasteiger partial charge in [-0.1, -0.05) is 27.7 Å². The summed E-state index contributed by atoms with van der Waals surface area (Å²) in [4.78, 5) is 14.2. The van der Waals surface area contributed by atoms with E-state index >= 15 is 0 Å². The molecule has 0 bridgehead atoms. The fourth-order valence-corrected chi connectivity index (χ4v) is 2.43. The van der Waals surface area contributed by atoms with Crippen LogP contribution in [-0.2, 0) is 4.79 Å². The van der Waals surface area contributed by atoms with Crippen LogP contribution in [0.5, 0.6) is 0 Å². The molecule has 1 rings (SSSR count). The molecule has 0 spiro atoms. The highest BCUT2D eigenvalue weighted by molar-refractivity contribution is 5.85. The highest BCUT2D eigenvalue weighted by Gasteiger charge is 2.33. The van der Waals surface area contributed by atoms with E-state index in [-0.39, 0.29) is 24.2 Å². The van der Waals surface area contributed by atoms with E-state index in [0.717, 1.165) is 25.8 Å². The number of rotatable bonds is 3. The van der Waals surface area contributed by atoms with Gasteiger partial charge in [-0.2, -0.15) is 0 Å². The molecule has 1 aliphatic heterocycles. The van der Waals surface area contributed by atoms with Crippen molar-refractivity contribution in [3.63, 3.8) is 0 Å². The second kappa shape index (κ2) is 6.60. The lowest BCUT2D eigenvalue weighted by Crippen LogP contribution is -2.42. The normalized spacial score (nSPS) is 22.2. The van der Waals surface area contributed by atoms with Gasteiger partial charge in [0, 0.05) is 25.0 Å². The lowest BCUT2D eigenvalue weighted by atomic mass is 9.87. The smallest absolute Gasteiger partial charge is 0.226 e. The van der Waals surface area contributed by atoms with E-state index < -0.39 is 0 Å². The molecule has 0 aromatic rings. The van der Waals surface area contributed by atoms with E-state index in [9.17, 15) is 4.79 Å². The maximum absolute atomic E-state index is 12.1. The van der Waals surface area contributed by atoms with Crippen molar-refractivity contribution in [3.8, 4) is 0 Å². The second-order valence-corrected chi connectivity index (χ2v) is 6.23. The molecule has 3 nitrogen and oxygen atoms in total. The molecule has 1 aliphatic rings. The molecule has 0 saturated carbocycles. The van der Waals surface area contributed by atoms with E-state index in [0.29, 0.717) is 18.0 Å². The SMILES string of the molecule is CC(CN)C(=O)N1CCCC1CC(C)(C)C.Cl. The van der Waals surface area contributed by atoms with Crippen molar-refractivity contribution in [2.45, 2.75) is 53.0 Å². The molecule has 102 valence electrons. The number of carbonyl (C=O) groups excluding carboxylic acids is 1. The quantitative estimate of drug-likeness (QED) is 0.849. The molecule has 17 heavy (non-hydrogen) atoms. The van der Waals surface area contributed by atoms with Crippen molar-refractivity contribution < 1.29 is 4.79 Å². The van der Waals surface area contributed by atoms with Crippen molar-refractivity contribution in [3.05, 3.63) is 0 Å². The van der Waals surface area contributed by atoms with Crippen LogP contribution >= 0.6 is 12.4 Å². The first-order valence-corrected chi connectivity index (χ1v) is 6.35. The van der Waals surface area contributed by atoms with Crippen molar-refractivity contribution >= 4 is 18.3 Å². The summed E-state index contributed by atoms with van der Waals surface area (Å²) in [5.74, 6) is 0.217. The summed E-state index contributed by atoms with van der Waals surface area (Å²) < 4.78 is 0. The van der Waals surface area contributed by atoms with Crippen LogP contribution in [-0.4, -0.2) is 29.9 Å². The zero-order valence-corrected chi connectivity index (χ0v) is 12.3. The summed E-state index contributed by atoms with van der Waals surface area (Å²) in [6, 6.07) is 0.432. The maximum atomic E-state index is 12.1. The summed E-state index contributed by atoms with van der Waals surface area (Å²) in [5, 5.41) is 0. The Kier molecular flexibility index (Phi) is 6.49. The largest absolute Gasteiger partial charge is 0.339 e. The lowest BCUT2D eigenvalue weighted by Gasteiger charge is -2.31. The summed E-state index contributed by atoms with van der Waals surface area (Å²) >= 11 is 0. The number of carbonyl (C=O) groups is 1. The molecule has 1 fully saturated rings. The molecule has 0 aromatic heterocycles. The van der Waals surface area contributed by atoms with E-state index in [4.69, 9.17) is 5.73 Å². The van der Waals surface area contributed by atoms with Gasteiger partial charge in [0.1, 0.15) is 0 Å². The Balaban J connectivity index is 0.00000256. The maximum Gasteiger partial charge on any atom is 0.226 e. The van der Waals surface area contributed by atoms with Gasteiger partial charge in [0.05, 0.1) is 0 Å². The van der Waals surface area contributed by atoms with Gasteiger partial charge in [0.25, 0.3) is 0 Å². The Morgan fingerprint density at radius 1 is 1.47 bits per heavy atom.